The standard InChI is InChI=1S/C13H13N3O2S/c1-15(2)11-5-3-10(4-6-11)14-9-12-7-8-13(19-12)16(17)18/h3-9H,1-2H3. The Kier molecular flexibility index (Phi) is 3.91. The lowest BCUT2D eigenvalue weighted by Gasteiger charge is -2.11. The number of nitro groups is 1. The molecule has 2 rings (SSSR count). The summed E-state index contributed by atoms with van der Waals surface area (Å²) in [7, 11) is 3.95. The van der Waals surface area contributed by atoms with Gasteiger partial charge in [-0.25, -0.2) is 0 Å². The zero-order valence-electron chi connectivity index (χ0n) is 10.6. The van der Waals surface area contributed by atoms with Crippen LogP contribution in [0.15, 0.2) is 41.4 Å². The molecule has 1 aromatic heterocycles. The summed E-state index contributed by atoms with van der Waals surface area (Å²) in [5.41, 5.74) is 1.92. The monoisotopic (exact) mass is 275 g/mol. The maximum atomic E-state index is 10.6. The van der Waals surface area contributed by atoms with Crippen molar-refractivity contribution < 1.29 is 4.92 Å². The summed E-state index contributed by atoms with van der Waals surface area (Å²) >= 11 is 1.11. The average Bonchev–Trinajstić information content (AvgIpc) is 2.86. The van der Waals surface area contributed by atoms with Gasteiger partial charge in [0.1, 0.15) is 0 Å². The van der Waals surface area contributed by atoms with Crippen molar-refractivity contribution in [3.63, 3.8) is 0 Å². The third-order valence-electron chi connectivity index (χ3n) is 2.50. The Morgan fingerprint density at radius 2 is 1.89 bits per heavy atom. The molecule has 0 aliphatic heterocycles. The highest BCUT2D eigenvalue weighted by atomic mass is 32.1. The van der Waals surface area contributed by atoms with E-state index in [2.05, 4.69) is 4.99 Å². The Bertz CT molecular complexity index is 603. The Morgan fingerprint density at radius 3 is 2.42 bits per heavy atom. The smallest absolute Gasteiger partial charge is 0.324 e. The van der Waals surface area contributed by atoms with Crippen LogP contribution < -0.4 is 4.90 Å². The van der Waals surface area contributed by atoms with Gasteiger partial charge in [0.25, 0.3) is 0 Å². The number of anilines is 1. The van der Waals surface area contributed by atoms with Crippen molar-refractivity contribution in [2.24, 2.45) is 4.99 Å². The second-order valence-corrected chi connectivity index (χ2v) is 5.20. The molecule has 0 aliphatic rings. The first kappa shape index (κ1) is 13.2. The van der Waals surface area contributed by atoms with Gasteiger partial charge in [-0.15, -0.1) is 0 Å². The topological polar surface area (TPSA) is 58.7 Å². The molecule has 0 saturated heterocycles. The predicted molar refractivity (Wildman–Crippen MR) is 79.0 cm³/mol. The van der Waals surface area contributed by atoms with Gasteiger partial charge in [0, 0.05) is 32.1 Å². The first-order chi connectivity index (χ1) is 9.06. The van der Waals surface area contributed by atoms with E-state index in [1.807, 2.05) is 43.3 Å². The van der Waals surface area contributed by atoms with Crippen LogP contribution in [0.4, 0.5) is 16.4 Å². The van der Waals surface area contributed by atoms with E-state index in [-0.39, 0.29) is 5.00 Å². The molecule has 0 aliphatic carbocycles. The van der Waals surface area contributed by atoms with Crippen LogP contribution in [0.3, 0.4) is 0 Å². The van der Waals surface area contributed by atoms with Crippen LogP contribution in [0.5, 0.6) is 0 Å². The highest BCUT2D eigenvalue weighted by Crippen LogP contribution is 2.23. The van der Waals surface area contributed by atoms with E-state index in [0.29, 0.717) is 0 Å². The van der Waals surface area contributed by atoms with Crippen molar-refractivity contribution in [3.8, 4) is 0 Å². The number of nitrogens with zero attached hydrogens (tertiary/aromatic N) is 3. The van der Waals surface area contributed by atoms with Gasteiger partial charge >= 0.3 is 5.00 Å². The summed E-state index contributed by atoms with van der Waals surface area (Å²) in [6, 6.07) is 11.0. The van der Waals surface area contributed by atoms with Crippen LogP contribution in [0.2, 0.25) is 0 Å². The summed E-state index contributed by atoms with van der Waals surface area (Å²) in [5.74, 6) is 0. The first-order valence-corrected chi connectivity index (χ1v) is 6.43. The number of hydrogen-bond acceptors (Lipinski definition) is 5. The molecular weight excluding hydrogens is 262 g/mol. The molecule has 0 radical (unpaired) electrons. The molecule has 5 nitrogen and oxygen atoms in total. The van der Waals surface area contributed by atoms with Crippen LogP contribution in [0, 0.1) is 10.1 Å². The third kappa shape index (κ3) is 3.38. The van der Waals surface area contributed by atoms with E-state index in [9.17, 15) is 10.1 Å². The van der Waals surface area contributed by atoms with Crippen LogP contribution >= 0.6 is 11.3 Å². The molecule has 0 atom stereocenters. The van der Waals surface area contributed by atoms with E-state index in [0.717, 1.165) is 27.6 Å². The summed E-state index contributed by atoms with van der Waals surface area (Å²) < 4.78 is 0. The number of benzene rings is 1. The summed E-state index contributed by atoms with van der Waals surface area (Å²) in [6.07, 6.45) is 1.64. The lowest BCUT2D eigenvalue weighted by Crippen LogP contribution is -2.07. The molecule has 0 bridgehead atoms. The maximum absolute atomic E-state index is 10.6. The lowest BCUT2D eigenvalue weighted by molar-refractivity contribution is -0.380. The van der Waals surface area contributed by atoms with Gasteiger partial charge in [-0.3, -0.25) is 15.1 Å². The highest BCUT2D eigenvalue weighted by Gasteiger charge is 2.07. The van der Waals surface area contributed by atoms with Crippen molar-refractivity contribution in [1.82, 2.24) is 0 Å². The minimum Gasteiger partial charge on any atom is -0.378 e. The molecule has 0 fully saturated rings. The van der Waals surface area contributed by atoms with Gasteiger partial charge in [-0.2, -0.15) is 0 Å². The lowest BCUT2D eigenvalue weighted by atomic mass is 10.3. The molecule has 0 spiro atoms. The predicted octanol–water partition coefficient (Wildman–Crippen LogP) is 3.47. The third-order valence-corrected chi connectivity index (χ3v) is 3.47. The van der Waals surface area contributed by atoms with Crippen LogP contribution in [0.25, 0.3) is 0 Å². The molecule has 0 N–H and O–H groups in total. The van der Waals surface area contributed by atoms with Gasteiger partial charge < -0.3 is 4.90 Å². The van der Waals surface area contributed by atoms with Gasteiger partial charge in [-0.05, 0) is 30.3 Å². The molecule has 19 heavy (non-hydrogen) atoms. The van der Waals surface area contributed by atoms with E-state index < -0.39 is 4.92 Å². The minimum absolute atomic E-state index is 0.129. The molecule has 1 heterocycles. The zero-order valence-corrected chi connectivity index (χ0v) is 11.4. The van der Waals surface area contributed by atoms with E-state index in [1.54, 1.807) is 12.3 Å². The van der Waals surface area contributed by atoms with Crippen molar-refractivity contribution in [2.75, 3.05) is 19.0 Å². The first-order valence-electron chi connectivity index (χ1n) is 5.62. The fraction of sp³-hybridized carbons (Fsp3) is 0.154. The minimum atomic E-state index is -0.395. The second kappa shape index (κ2) is 5.62. The van der Waals surface area contributed by atoms with Crippen molar-refractivity contribution in [1.29, 1.82) is 0 Å². The van der Waals surface area contributed by atoms with Crippen molar-refractivity contribution in [2.45, 2.75) is 0 Å². The molecule has 2 aromatic rings. The average molecular weight is 275 g/mol. The Labute approximate surface area is 115 Å². The largest absolute Gasteiger partial charge is 0.378 e. The number of aliphatic imine (C=N–C) groups is 1. The molecular formula is C13H13N3O2S. The molecule has 0 saturated carbocycles. The van der Waals surface area contributed by atoms with Gasteiger partial charge in [0.05, 0.1) is 15.5 Å². The molecule has 0 amide bonds. The SMILES string of the molecule is CN(C)c1ccc(N=Cc2ccc([N+](=O)[O-])s2)cc1. The highest BCUT2D eigenvalue weighted by molar-refractivity contribution is 7.16. The summed E-state index contributed by atoms with van der Waals surface area (Å²) in [6.45, 7) is 0. The number of thiophene rings is 1. The van der Waals surface area contributed by atoms with Crippen LogP contribution in [-0.2, 0) is 0 Å². The van der Waals surface area contributed by atoms with Crippen molar-refractivity contribution in [3.05, 3.63) is 51.4 Å². The second-order valence-electron chi connectivity index (χ2n) is 4.10. The van der Waals surface area contributed by atoms with Gasteiger partial charge in [0.2, 0.25) is 0 Å². The van der Waals surface area contributed by atoms with Gasteiger partial charge in [0.15, 0.2) is 0 Å². The van der Waals surface area contributed by atoms with E-state index in [4.69, 9.17) is 0 Å². The van der Waals surface area contributed by atoms with Crippen LogP contribution in [-0.4, -0.2) is 25.2 Å². The van der Waals surface area contributed by atoms with Gasteiger partial charge in [-0.1, -0.05) is 11.3 Å². The fourth-order valence-corrected chi connectivity index (χ4v) is 2.18. The maximum Gasteiger partial charge on any atom is 0.324 e. The Hall–Kier alpha value is -2.21. The quantitative estimate of drug-likeness (QED) is 0.487. The molecule has 98 valence electrons. The Morgan fingerprint density at radius 1 is 1.21 bits per heavy atom. The zero-order chi connectivity index (χ0) is 13.8. The Balaban J connectivity index is 2.11. The van der Waals surface area contributed by atoms with Crippen molar-refractivity contribution >= 4 is 33.9 Å². The normalized spacial score (nSPS) is 10.8. The van der Waals surface area contributed by atoms with Crippen LogP contribution in [0.1, 0.15) is 4.88 Å². The molecule has 1 aromatic carbocycles. The van der Waals surface area contributed by atoms with E-state index in [1.165, 1.54) is 6.07 Å². The van der Waals surface area contributed by atoms with E-state index >= 15 is 0 Å². The molecule has 6 heteroatoms. The summed E-state index contributed by atoms with van der Waals surface area (Å²) in [4.78, 5) is 17.2. The molecule has 0 unspecified atom stereocenters. The summed E-state index contributed by atoms with van der Waals surface area (Å²) in [5, 5.41) is 10.7. The number of hydrogen-bond donors (Lipinski definition) is 0. The number of rotatable bonds is 4. The fourth-order valence-electron chi connectivity index (χ4n) is 1.48.